The lowest BCUT2D eigenvalue weighted by Gasteiger charge is -2.17. The van der Waals surface area contributed by atoms with E-state index in [4.69, 9.17) is 18.6 Å². The Hall–Kier alpha value is -4.59. The molecule has 0 saturated heterocycles. The molecule has 4 aromatic rings. The Kier molecular flexibility index (Phi) is 8.20. The van der Waals surface area contributed by atoms with E-state index in [2.05, 4.69) is 5.32 Å². The topological polar surface area (TPSA) is 104 Å². The third-order valence-electron chi connectivity index (χ3n) is 5.70. The number of hydrogen-bond donors (Lipinski definition) is 1. The molecule has 0 aliphatic heterocycles. The zero-order chi connectivity index (χ0) is 26.2. The van der Waals surface area contributed by atoms with Gasteiger partial charge in [0, 0.05) is 17.5 Å². The molecule has 0 saturated carbocycles. The standard InChI is InChI=1S/C29H27NO7/c1-3-7-25(30-29(33)35-18-19-8-5-4-6-9-19)28(32)36-22-14-15-23-24(17-27(31)37-26(23)16-22)20-10-12-21(34-2)13-11-20/h4-6,8-17,25H,3,7,18H2,1-2H3,(H,30,33)/t25-/m1/s1. The summed E-state index contributed by atoms with van der Waals surface area (Å²) in [7, 11) is 1.58. The number of fused-ring (bicyclic) bond motifs is 1. The van der Waals surface area contributed by atoms with Gasteiger partial charge in [0.25, 0.3) is 0 Å². The zero-order valence-electron chi connectivity index (χ0n) is 20.6. The van der Waals surface area contributed by atoms with Gasteiger partial charge in [0.15, 0.2) is 0 Å². The van der Waals surface area contributed by atoms with Crippen LogP contribution >= 0.6 is 0 Å². The van der Waals surface area contributed by atoms with Gasteiger partial charge in [-0.15, -0.1) is 0 Å². The second-order valence-electron chi connectivity index (χ2n) is 8.33. The summed E-state index contributed by atoms with van der Waals surface area (Å²) < 4.78 is 21.3. The predicted octanol–water partition coefficient (Wildman–Crippen LogP) is 5.47. The number of rotatable bonds is 9. The number of ether oxygens (including phenoxy) is 3. The molecule has 0 fully saturated rings. The molecule has 0 aliphatic carbocycles. The summed E-state index contributed by atoms with van der Waals surface area (Å²) in [6.45, 7) is 1.98. The van der Waals surface area contributed by atoms with Crippen molar-refractivity contribution in [3.8, 4) is 22.6 Å². The normalized spacial score (nSPS) is 11.5. The minimum Gasteiger partial charge on any atom is -0.497 e. The molecule has 0 unspecified atom stereocenters. The van der Waals surface area contributed by atoms with E-state index in [1.54, 1.807) is 31.4 Å². The van der Waals surface area contributed by atoms with Gasteiger partial charge >= 0.3 is 17.7 Å². The lowest BCUT2D eigenvalue weighted by Crippen LogP contribution is -2.43. The van der Waals surface area contributed by atoms with Crippen molar-refractivity contribution in [2.75, 3.05) is 7.11 Å². The third-order valence-corrected chi connectivity index (χ3v) is 5.70. The zero-order valence-corrected chi connectivity index (χ0v) is 20.6. The van der Waals surface area contributed by atoms with Gasteiger partial charge in [-0.05, 0) is 47.4 Å². The number of benzene rings is 3. The summed E-state index contributed by atoms with van der Waals surface area (Å²) in [5.41, 5.74) is 2.06. The number of hydrogen-bond acceptors (Lipinski definition) is 7. The van der Waals surface area contributed by atoms with Gasteiger partial charge in [-0.2, -0.15) is 0 Å². The van der Waals surface area contributed by atoms with E-state index in [9.17, 15) is 14.4 Å². The second-order valence-corrected chi connectivity index (χ2v) is 8.33. The Morgan fingerprint density at radius 2 is 1.68 bits per heavy atom. The molecule has 1 atom stereocenters. The molecular formula is C29H27NO7. The smallest absolute Gasteiger partial charge is 0.408 e. The fourth-order valence-corrected chi connectivity index (χ4v) is 3.85. The van der Waals surface area contributed by atoms with Crippen LogP contribution in [0.4, 0.5) is 4.79 Å². The summed E-state index contributed by atoms with van der Waals surface area (Å²) >= 11 is 0. The highest BCUT2D eigenvalue weighted by molar-refractivity contribution is 5.94. The van der Waals surface area contributed by atoms with Crippen LogP contribution in [0.3, 0.4) is 0 Å². The van der Waals surface area contributed by atoms with Crippen LogP contribution < -0.4 is 20.4 Å². The Bertz CT molecular complexity index is 1430. The summed E-state index contributed by atoms with van der Waals surface area (Å²) in [4.78, 5) is 37.4. The number of nitrogens with one attached hydrogen (secondary N) is 1. The molecule has 3 aromatic carbocycles. The van der Waals surface area contributed by atoms with Crippen LogP contribution in [0.15, 0.2) is 88.1 Å². The third kappa shape index (κ3) is 6.55. The summed E-state index contributed by atoms with van der Waals surface area (Å²) in [6, 6.07) is 21.9. The average Bonchev–Trinajstić information content (AvgIpc) is 2.91. The highest BCUT2D eigenvalue weighted by Crippen LogP contribution is 2.31. The summed E-state index contributed by atoms with van der Waals surface area (Å²) in [5, 5.41) is 3.25. The summed E-state index contributed by atoms with van der Waals surface area (Å²) in [6.07, 6.45) is 0.285. The molecule has 1 aromatic heterocycles. The number of alkyl carbamates (subject to hydrolysis) is 1. The molecule has 0 aliphatic rings. The van der Waals surface area contributed by atoms with E-state index >= 15 is 0 Å². The molecule has 1 N–H and O–H groups in total. The van der Waals surface area contributed by atoms with Crippen LogP contribution in [0.1, 0.15) is 25.3 Å². The Morgan fingerprint density at radius 1 is 0.946 bits per heavy atom. The SMILES string of the molecule is CCC[C@@H](NC(=O)OCc1ccccc1)C(=O)Oc1ccc2c(-c3ccc(OC)cc3)cc(=O)oc2c1. The van der Waals surface area contributed by atoms with Crippen LogP contribution in [-0.2, 0) is 16.1 Å². The number of amides is 1. The van der Waals surface area contributed by atoms with Crippen LogP contribution in [0.25, 0.3) is 22.1 Å². The fourth-order valence-electron chi connectivity index (χ4n) is 3.85. The number of esters is 1. The van der Waals surface area contributed by atoms with Crippen molar-refractivity contribution in [1.29, 1.82) is 0 Å². The van der Waals surface area contributed by atoms with E-state index in [0.717, 1.165) is 11.1 Å². The first-order chi connectivity index (χ1) is 18.0. The quantitative estimate of drug-likeness (QED) is 0.184. The van der Waals surface area contributed by atoms with Gasteiger partial charge in [0.2, 0.25) is 0 Å². The highest BCUT2D eigenvalue weighted by Gasteiger charge is 2.23. The predicted molar refractivity (Wildman–Crippen MR) is 139 cm³/mol. The van der Waals surface area contributed by atoms with Crippen LogP contribution in [0, 0.1) is 0 Å². The van der Waals surface area contributed by atoms with E-state index in [0.29, 0.717) is 29.5 Å². The monoisotopic (exact) mass is 501 g/mol. The molecule has 190 valence electrons. The van der Waals surface area contributed by atoms with E-state index in [1.165, 1.54) is 12.1 Å². The molecule has 0 bridgehead atoms. The van der Waals surface area contributed by atoms with Gasteiger partial charge in [-0.25, -0.2) is 14.4 Å². The molecule has 0 spiro atoms. The molecule has 37 heavy (non-hydrogen) atoms. The van der Waals surface area contributed by atoms with Gasteiger partial charge in [0.1, 0.15) is 29.7 Å². The van der Waals surface area contributed by atoms with Crippen molar-refractivity contribution in [2.24, 2.45) is 0 Å². The minimum absolute atomic E-state index is 0.0841. The number of carbonyl (C=O) groups is 2. The molecular weight excluding hydrogens is 474 g/mol. The molecule has 4 rings (SSSR count). The van der Waals surface area contributed by atoms with E-state index in [-0.39, 0.29) is 17.9 Å². The molecule has 8 heteroatoms. The van der Waals surface area contributed by atoms with Gasteiger partial charge < -0.3 is 23.9 Å². The van der Waals surface area contributed by atoms with Gasteiger partial charge in [0.05, 0.1) is 7.11 Å². The highest BCUT2D eigenvalue weighted by atomic mass is 16.6. The van der Waals surface area contributed by atoms with E-state index < -0.39 is 23.7 Å². The first-order valence-electron chi connectivity index (χ1n) is 11.9. The Morgan fingerprint density at radius 3 is 2.38 bits per heavy atom. The van der Waals surface area contributed by atoms with Crippen molar-refractivity contribution >= 4 is 23.0 Å². The van der Waals surface area contributed by atoms with Crippen molar-refractivity contribution < 1.29 is 28.2 Å². The summed E-state index contributed by atoms with van der Waals surface area (Å²) in [5.74, 6) is 0.240. The second kappa shape index (κ2) is 11.9. The van der Waals surface area contributed by atoms with Crippen LogP contribution in [0.2, 0.25) is 0 Å². The van der Waals surface area contributed by atoms with Gasteiger partial charge in [-0.1, -0.05) is 55.8 Å². The van der Waals surface area contributed by atoms with Crippen molar-refractivity contribution in [3.63, 3.8) is 0 Å². The van der Waals surface area contributed by atoms with Crippen LogP contribution in [0.5, 0.6) is 11.5 Å². The molecule has 0 radical (unpaired) electrons. The Labute approximate surface area is 213 Å². The number of methoxy groups -OCH3 is 1. The number of carbonyl (C=O) groups excluding carboxylic acids is 2. The first kappa shape index (κ1) is 25.5. The molecule has 1 amide bonds. The van der Waals surface area contributed by atoms with E-state index in [1.807, 2.05) is 49.4 Å². The maximum atomic E-state index is 12.9. The first-order valence-corrected chi connectivity index (χ1v) is 11.9. The molecule has 8 nitrogen and oxygen atoms in total. The lowest BCUT2D eigenvalue weighted by atomic mass is 10.0. The molecule has 1 heterocycles. The van der Waals surface area contributed by atoms with Crippen molar-refractivity contribution in [2.45, 2.75) is 32.4 Å². The van der Waals surface area contributed by atoms with Crippen molar-refractivity contribution in [1.82, 2.24) is 5.32 Å². The van der Waals surface area contributed by atoms with Crippen molar-refractivity contribution in [3.05, 3.63) is 94.8 Å². The fraction of sp³-hybridized carbons (Fsp3) is 0.207. The maximum Gasteiger partial charge on any atom is 0.408 e. The maximum absolute atomic E-state index is 12.9. The average molecular weight is 502 g/mol. The van der Waals surface area contributed by atoms with Crippen LogP contribution in [-0.4, -0.2) is 25.2 Å². The Balaban J connectivity index is 1.48. The lowest BCUT2D eigenvalue weighted by molar-refractivity contribution is -0.136. The largest absolute Gasteiger partial charge is 0.497 e. The van der Waals surface area contributed by atoms with Gasteiger partial charge in [-0.3, -0.25) is 0 Å². The minimum atomic E-state index is -0.901.